The molecule has 0 aliphatic rings. The van der Waals surface area contributed by atoms with Crippen molar-refractivity contribution in [2.24, 2.45) is 11.1 Å². The van der Waals surface area contributed by atoms with Gasteiger partial charge in [0.25, 0.3) is 0 Å². The molecule has 0 saturated carbocycles. The van der Waals surface area contributed by atoms with E-state index in [9.17, 15) is 0 Å². The molecule has 0 saturated heterocycles. The highest BCUT2D eigenvalue weighted by atomic mass is 32.1. The lowest BCUT2D eigenvalue weighted by Crippen LogP contribution is -2.29. The summed E-state index contributed by atoms with van der Waals surface area (Å²) in [5, 5.41) is 0. The fourth-order valence-electron chi connectivity index (χ4n) is 1.09. The van der Waals surface area contributed by atoms with Gasteiger partial charge in [-0.05, 0) is 19.3 Å². The number of rotatable bonds is 8. The van der Waals surface area contributed by atoms with E-state index in [-0.39, 0.29) is 5.41 Å². The summed E-state index contributed by atoms with van der Waals surface area (Å²) in [4.78, 5) is 0.603. The van der Waals surface area contributed by atoms with E-state index in [1.165, 1.54) is 6.42 Å². The third kappa shape index (κ3) is 6.33. The van der Waals surface area contributed by atoms with Crippen LogP contribution in [0.4, 0.5) is 0 Å². The van der Waals surface area contributed by atoms with Gasteiger partial charge in [-0.1, -0.05) is 39.4 Å². The molecule has 0 amide bonds. The van der Waals surface area contributed by atoms with Crippen LogP contribution in [0.3, 0.4) is 0 Å². The van der Waals surface area contributed by atoms with Gasteiger partial charge in [0.15, 0.2) is 0 Å². The van der Waals surface area contributed by atoms with Crippen molar-refractivity contribution in [1.82, 2.24) is 0 Å². The number of hydrogen-bond donors (Lipinski definition) is 1. The van der Waals surface area contributed by atoms with Crippen molar-refractivity contribution < 1.29 is 4.74 Å². The first kappa shape index (κ1) is 13.8. The van der Waals surface area contributed by atoms with E-state index in [0.717, 1.165) is 32.5 Å². The van der Waals surface area contributed by atoms with Crippen LogP contribution in [0.2, 0.25) is 0 Å². The molecule has 84 valence electrons. The molecule has 14 heavy (non-hydrogen) atoms. The minimum atomic E-state index is -0.0244. The molecule has 0 heterocycles. The monoisotopic (exact) mass is 217 g/mol. The van der Waals surface area contributed by atoms with Crippen molar-refractivity contribution >= 4 is 17.2 Å². The lowest BCUT2D eigenvalue weighted by atomic mass is 9.88. The summed E-state index contributed by atoms with van der Waals surface area (Å²) in [5.41, 5.74) is 5.60. The zero-order chi connectivity index (χ0) is 11.0. The van der Waals surface area contributed by atoms with Gasteiger partial charge in [0.1, 0.15) is 0 Å². The average Bonchev–Trinajstić information content (AvgIpc) is 2.10. The van der Waals surface area contributed by atoms with Crippen LogP contribution in [0.5, 0.6) is 0 Å². The molecule has 0 bridgehead atoms. The molecule has 0 atom stereocenters. The highest BCUT2D eigenvalue weighted by Crippen LogP contribution is 2.22. The molecule has 0 aromatic carbocycles. The molecule has 0 aliphatic carbocycles. The predicted octanol–water partition coefficient (Wildman–Crippen LogP) is 2.90. The Bertz CT molecular complexity index is 169. The van der Waals surface area contributed by atoms with Gasteiger partial charge >= 0.3 is 0 Å². The number of thiocarbonyl (C=S) groups is 1. The summed E-state index contributed by atoms with van der Waals surface area (Å²) < 4.78 is 5.47. The largest absolute Gasteiger partial charge is 0.393 e. The van der Waals surface area contributed by atoms with Crippen molar-refractivity contribution in [1.29, 1.82) is 0 Å². The van der Waals surface area contributed by atoms with Crippen LogP contribution in [-0.2, 0) is 4.74 Å². The van der Waals surface area contributed by atoms with Crippen molar-refractivity contribution in [3.63, 3.8) is 0 Å². The van der Waals surface area contributed by atoms with Crippen LogP contribution in [0, 0.1) is 5.41 Å². The molecular formula is C11H23NOS. The van der Waals surface area contributed by atoms with Gasteiger partial charge in [0.2, 0.25) is 0 Å². The highest BCUT2D eigenvalue weighted by molar-refractivity contribution is 7.80. The molecule has 2 nitrogen and oxygen atoms in total. The standard InChI is InChI=1S/C11H23NOS/c1-4-5-8-13-9-6-7-11(2,3)10(12)14/h4-9H2,1-3H3,(H2,12,14). The maximum atomic E-state index is 5.62. The van der Waals surface area contributed by atoms with Gasteiger partial charge in [-0.2, -0.15) is 0 Å². The first-order valence-corrected chi connectivity index (χ1v) is 5.79. The molecule has 0 aromatic heterocycles. The molecule has 0 rings (SSSR count). The van der Waals surface area contributed by atoms with E-state index in [1.807, 2.05) is 0 Å². The third-order valence-electron chi connectivity index (χ3n) is 2.40. The van der Waals surface area contributed by atoms with E-state index in [1.54, 1.807) is 0 Å². The quantitative estimate of drug-likeness (QED) is 0.501. The van der Waals surface area contributed by atoms with Crippen molar-refractivity contribution in [2.75, 3.05) is 13.2 Å². The SMILES string of the molecule is CCCCOCCCC(C)(C)C(N)=S. The Hall–Kier alpha value is -0.150. The zero-order valence-electron chi connectivity index (χ0n) is 9.64. The van der Waals surface area contributed by atoms with Crippen LogP contribution < -0.4 is 5.73 Å². The second-order valence-corrected chi connectivity index (χ2v) is 4.76. The minimum Gasteiger partial charge on any atom is -0.393 e. The molecule has 2 N–H and O–H groups in total. The van der Waals surface area contributed by atoms with Gasteiger partial charge in [0.05, 0.1) is 4.99 Å². The van der Waals surface area contributed by atoms with Crippen molar-refractivity contribution in [3.05, 3.63) is 0 Å². The maximum absolute atomic E-state index is 5.62. The Kier molecular flexibility index (Phi) is 7.11. The molecule has 0 unspecified atom stereocenters. The molecule has 0 aromatic rings. The Morgan fingerprint density at radius 3 is 2.36 bits per heavy atom. The average molecular weight is 217 g/mol. The first-order chi connectivity index (χ1) is 6.50. The smallest absolute Gasteiger partial charge is 0.0784 e. The Balaban J connectivity index is 3.40. The number of ether oxygens (including phenoxy) is 1. The first-order valence-electron chi connectivity index (χ1n) is 5.38. The number of nitrogens with two attached hydrogens (primary N) is 1. The summed E-state index contributed by atoms with van der Waals surface area (Å²) in [7, 11) is 0. The van der Waals surface area contributed by atoms with E-state index in [2.05, 4.69) is 20.8 Å². The summed E-state index contributed by atoms with van der Waals surface area (Å²) >= 11 is 4.99. The summed E-state index contributed by atoms with van der Waals surface area (Å²) in [5.74, 6) is 0. The number of unbranched alkanes of at least 4 members (excludes halogenated alkanes) is 1. The zero-order valence-corrected chi connectivity index (χ0v) is 10.5. The van der Waals surface area contributed by atoms with Crippen LogP contribution in [-0.4, -0.2) is 18.2 Å². The Morgan fingerprint density at radius 1 is 1.29 bits per heavy atom. The second kappa shape index (κ2) is 7.18. The molecule has 0 spiro atoms. The van der Waals surface area contributed by atoms with Gasteiger partial charge in [-0.3, -0.25) is 0 Å². The minimum absolute atomic E-state index is 0.0244. The van der Waals surface area contributed by atoms with Crippen LogP contribution >= 0.6 is 12.2 Å². The van der Waals surface area contributed by atoms with Crippen molar-refractivity contribution in [2.45, 2.75) is 46.5 Å². The summed E-state index contributed by atoms with van der Waals surface area (Å²) in [6.07, 6.45) is 4.39. The summed E-state index contributed by atoms with van der Waals surface area (Å²) in [6.45, 7) is 8.04. The van der Waals surface area contributed by atoms with Crippen LogP contribution in [0.1, 0.15) is 46.5 Å². The lowest BCUT2D eigenvalue weighted by Gasteiger charge is -2.22. The van der Waals surface area contributed by atoms with E-state index in [4.69, 9.17) is 22.7 Å². The molecule has 3 heteroatoms. The Morgan fingerprint density at radius 2 is 1.86 bits per heavy atom. The van der Waals surface area contributed by atoms with E-state index < -0.39 is 0 Å². The van der Waals surface area contributed by atoms with Gasteiger partial charge < -0.3 is 10.5 Å². The van der Waals surface area contributed by atoms with Gasteiger partial charge in [0, 0.05) is 18.6 Å². The highest BCUT2D eigenvalue weighted by Gasteiger charge is 2.20. The third-order valence-corrected chi connectivity index (χ3v) is 2.95. The molecular weight excluding hydrogens is 194 g/mol. The Labute approximate surface area is 93.2 Å². The van der Waals surface area contributed by atoms with Crippen LogP contribution in [0.25, 0.3) is 0 Å². The predicted molar refractivity (Wildman–Crippen MR) is 65.5 cm³/mol. The topological polar surface area (TPSA) is 35.2 Å². The van der Waals surface area contributed by atoms with Gasteiger partial charge in [-0.15, -0.1) is 0 Å². The van der Waals surface area contributed by atoms with E-state index in [0.29, 0.717) is 4.99 Å². The van der Waals surface area contributed by atoms with Gasteiger partial charge in [-0.25, -0.2) is 0 Å². The van der Waals surface area contributed by atoms with Crippen LogP contribution in [0.15, 0.2) is 0 Å². The lowest BCUT2D eigenvalue weighted by molar-refractivity contribution is 0.123. The van der Waals surface area contributed by atoms with Crippen molar-refractivity contribution in [3.8, 4) is 0 Å². The normalized spacial score (nSPS) is 11.6. The number of hydrogen-bond acceptors (Lipinski definition) is 2. The second-order valence-electron chi connectivity index (χ2n) is 4.32. The fraction of sp³-hybridized carbons (Fsp3) is 0.909. The molecule has 0 radical (unpaired) electrons. The van der Waals surface area contributed by atoms with E-state index >= 15 is 0 Å². The summed E-state index contributed by atoms with van der Waals surface area (Å²) in [6, 6.07) is 0. The fourth-order valence-corrected chi connectivity index (χ4v) is 1.19. The molecule has 0 fully saturated rings. The molecule has 0 aliphatic heterocycles. The maximum Gasteiger partial charge on any atom is 0.0784 e.